The van der Waals surface area contributed by atoms with Gasteiger partial charge in [0.25, 0.3) is 0 Å². The van der Waals surface area contributed by atoms with Crippen LogP contribution < -0.4 is 5.32 Å². The molecular weight excluding hydrogens is 236 g/mol. The number of nitrogens with zero attached hydrogens (tertiary/aromatic N) is 3. The number of aromatic nitrogens is 2. The molecule has 4 nitrogen and oxygen atoms in total. The molecule has 0 unspecified atom stereocenters. The molecule has 0 aliphatic rings. The van der Waals surface area contributed by atoms with Crippen LogP contribution in [0.1, 0.15) is 30.2 Å². The number of aryl methyl sites for hydroxylation is 1. The zero-order chi connectivity index (χ0) is 13.7. The molecule has 2 aromatic rings. The maximum Gasteiger partial charge on any atom is 0.101 e. The van der Waals surface area contributed by atoms with Crippen LogP contribution in [0.3, 0.4) is 0 Å². The smallest absolute Gasteiger partial charge is 0.101 e. The molecule has 1 aromatic carbocycles. The van der Waals surface area contributed by atoms with Gasteiger partial charge in [-0.25, -0.2) is 4.68 Å². The molecule has 1 aromatic heterocycles. The maximum atomic E-state index is 9.27. The Bertz CT molecular complexity index is 592. The first-order chi connectivity index (χ1) is 9.24. The third-order valence-corrected chi connectivity index (χ3v) is 2.91. The highest BCUT2D eigenvalue weighted by Gasteiger charge is 2.06. The Morgan fingerprint density at radius 1 is 1.37 bits per heavy atom. The quantitative estimate of drug-likeness (QED) is 0.834. The Morgan fingerprint density at radius 3 is 2.84 bits per heavy atom. The van der Waals surface area contributed by atoms with Crippen LogP contribution in [0, 0.1) is 18.3 Å². The second kappa shape index (κ2) is 6.17. The molecule has 2 rings (SSSR count). The Balaban J connectivity index is 2.24. The van der Waals surface area contributed by atoms with E-state index >= 15 is 0 Å². The fourth-order valence-corrected chi connectivity index (χ4v) is 1.94. The first kappa shape index (κ1) is 13.3. The monoisotopic (exact) mass is 254 g/mol. The van der Waals surface area contributed by atoms with Crippen LogP contribution in [0.15, 0.2) is 30.5 Å². The molecule has 0 atom stereocenters. The molecule has 0 saturated heterocycles. The van der Waals surface area contributed by atoms with E-state index < -0.39 is 0 Å². The summed E-state index contributed by atoms with van der Waals surface area (Å²) in [7, 11) is 0. The predicted molar refractivity (Wildman–Crippen MR) is 75.0 cm³/mol. The van der Waals surface area contributed by atoms with Crippen molar-refractivity contribution in [2.24, 2.45) is 0 Å². The Kier molecular flexibility index (Phi) is 4.32. The first-order valence-corrected chi connectivity index (χ1v) is 6.51. The van der Waals surface area contributed by atoms with Crippen LogP contribution >= 0.6 is 0 Å². The van der Waals surface area contributed by atoms with Gasteiger partial charge in [-0.1, -0.05) is 13.0 Å². The number of hydrogen-bond donors (Lipinski definition) is 1. The van der Waals surface area contributed by atoms with Crippen molar-refractivity contribution in [1.29, 1.82) is 5.26 Å². The molecule has 0 aliphatic heterocycles. The van der Waals surface area contributed by atoms with Crippen molar-refractivity contribution >= 4 is 0 Å². The van der Waals surface area contributed by atoms with Gasteiger partial charge in [0.05, 0.1) is 16.9 Å². The molecular formula is C15H18N4. The third kappa shape index (κ3) is 3.21. The van der Waals surface area contributed by atoms with Crippen LogP contribution in [-0.4, -0.2) is 16.3 Å². The second-order valence-electron chi connectivity index (χ2n) is 4.54. The highest BCUT2D eigenvalue weighted by molar-refractivity contribution is 5.50. The number of hydrogen-bond acceptors (Lipinski definition) is 3. The van der Waals surface area contributed by atoms with E-state index in [-0.39, 0.29) is 0 Å². The minimum Gasteiger partial charge on any atom is -0.313 e. The summed E-state index contributed by atoms with van der Waals surface area (Å²) >= 11 is 0. The van der Waals surface area contributed by atoms with Gasteiger partial charge in [-0.15, -0.1) is 0 Å². The normalized spacial score (nSPS) is 10.4. The topological polar surface area (TPSA) is 53.6 Å². The molecule has 19 heavy (non-hydrogen) atoms. The lowest BCUT2D eigenvalue weighted by molar-refractivity contribution is 0.675. The van der Waals surface area contributed by atoms with E-state index in [9.17, 15) is 5.26 Å². The summed E-state index contributed by atoms with van der Waals surface area (Å²) in [5.74, 6) is 0. The van der Waals surface area contributed by atoms with Crippen molar-refractivity contribution in [3.05, 3.63) is 47.3 Å². The molecule has 1 heterocycles. The van der Waals surface area contributed by atoms with Crippen LogP contribution in [-0.2, 0) is 6.54 Å². The molecule has 4 heteroatoms. The van der Waals surface area contributed by atoms with Crippen molar-refractivity contribution in [3.8, 4) is 11.8 Å². The lowest BCUT2D eigenvalue weighted by atomic mass is 10.1. The summed E-state index contributed by atoms with van der Waals surface area (Å²) in [4.78, 5) is 0. The average Bonchev–Trinajstić information content (AvgIpc) is 2.85. The van der Waals surface area contributed by atoms with Gasteiger partial charge < -0.3 is 5.32 Å². The number of nitriles is 1. The molecule has 0 radical (unpaired) electrons. The van der Waals surface area contributed by atoms with Crippen molar-refractivity contribution in [3.63, 3.8) is 0 Å². The zero-order valence-corrected chi connectivity index (χ0v) is 11.3. The largest absolute Gasteiger partial charge is 0.313 e. The highest BCUT2D eigenvalue weighted by atomic mass is 15.3. The van der Waals surface area contributed by atoms with Gasteiger partial charge in [0.15, 0.2) is 0 Å². The minimum atomic E-state index is 0.652. The molecule has 0 aliphatic carbocycles. The van der Waals surface area contributed by atoms with Gasteiger partial charge in [0.1, 0.15) is 6.07 Å². The second-order valence-corrected chi connectivity index (χ2v) is 4.54. The van der Waals surface area contributed by atoms with Gasteiger partial charge in [0, 0.05) is 12.7 Å². The van der Waals surface area contributed by atoms with Crippen LogP contribution in [0.4, 0.5) is 0 Å². The average molecular weight is 254 g/mol. The van der Waals surface area contributed by atoms with Crippen LogP contribution in [0.5, 0.6) is 0 Å². The van der Waals surface area contributed by atoms with E-state index in [1.165, 1.54) is 0 Å². The lowest BCUT2D eigenvalue weighted by Crippen LogP contribution is -2.14. The maximum absolute atomic E-state index is 9.27. The van der Waals surface area contributed by atoms with Gasteiger partial charge in [-0.2, -0.15) is 10.4 Å². The highest BCUT2D eigenvalue weighted by Crippen LogP contribution is 2.16. The van der Waals surface area contributed by atoms with E-state index in [0.29, 0.717) is 5.56 Å². The van der Waals surface area contributed by atoms with E-state index in [4.69, 9.17) is 0 Å². The van der Waals surface area contributed by atoms with Crippen molar-refractivity contribution in [2.45, 2.75) is 26.8 Å². The molecule has 0 saturated carbocycles. The van der Waals surface area contributed by atoms with Gasteiger partial charge in [-0.05, 0) is 43.7 Å². The molecule has 0 amide bonds. The minimum absolute atomic E-state index is 0.652. The van der Waals surface area contributed by atoms with Crippen molar-refractivity contribution in [2.75, 3.05) is 6.54 Å². The summed E-state index contributed by atoms with van der Waals surface area (Å²) in [5, 5.41) is 16.9. The third-order valence-electron chi connectivity index (χ3n) is 2.91. The molecule has 0 fully saturated rings. The number of rotatable bonds is 5. The Labute approximate surface area is 113 Å². The molecule has 0 spiro atoms. The molecule has 1 N–H and O–H groups in total. The van der Waals surface area contributed by atoms with E-state index in [1.807, 2.05) is 37.4 Å². The number of nitrogens with one attached hydrogen (secondary N) is 1. The van der Waals surface area contributed by atoms with E-state index in [1.54, 1.807) is 4.68 Å². The van der Waals surface area contributed by atoms with E-state index in [2.05, 4.69) is 23.4 Å². The summed E-state index contributed by atoms with van der Waals surface area (Å²) < 4.78 is 1.75. The SMILES string of the molecule is CCCNCc1ccc(-n2ccc(C)n2)c(C#N)c1. The summed E-state index contributed by atoms with van der Waals surface area (Å²) in [6.45, 7) is 5.85. The summed E-state index contributed by atoms with van der Waals surface area (Å²) in [5.41, 5.74) is 3.55. The van der Waals surface area contributed by atoms with Crippen LogP contribution in [0.2, 0.25) is 0 Å². The first-order valence-electron chi connectivity index (χ1n) is 6.51. The molecule has 98 valence electrons. The van der Waals surface area contributed by atoms with Crippen molar-refractivity contribution < 1.29 is 0 Å². The predicted octanol–water partition coefficient (Wildman–Crippen LogP) is 2.55. The fraction of sp³-hybridized carbons (Fsp3) is 0.333. The van der Waals surface area contributed by atoms with Gasteiger partial charge >= 0.3 is 0 Å². The number of benzene rings is 1. The Morgan fingerprint density at radius 2 is 2.21 bits per heavy atom. The fourth-order valence-electron chi connectivity index (χ4n) is 1.94. The lowest BCUT2D eigenvalue weighted by Gasteiger charge is -2.08. The van der Waals surface area contributed by atoms with E-state index in [0.717, 1.165) is 36.5 Å². The van der Waals surface area contributed by atoms with Crippen LogP contribution in [0.25, 0.3) is 5.69 Å². The molecule has 0 bridgehead atoms. The van der Waals surface area contributed by atoms with Gasteiger partial charge in [0.2, 0.25) is 0 Å². The standard InChI is InChI=1S/C15H18N4/c1-3-7-17-11-13-4-5-15(14(9-13)10-16)19-8-6-12(2)18-19/h4-6,8-9,17H,3,7,11H2,1-2H3. The summed E-state index contributed by atoms with van der Waals surface area (Å²) in [6.07, 6.45) is 2.98. The Hall–Kier alpha value is -2.12. The zero-order valence-electron chi connectivity index (χ0n) is 11.3. The summed E-state index contributed by atoms with van der Waals surface area (Å²) in [6, 6.07) is 10.1. The van der Waals surface area contributed by atoms with Gasteiger partial charge in [-0.3, -0.25) is 0 Å². The van der Waals surface area contributed by atoms with Crippen molar-refractivity contribution in [1.82, 2.24) is 15.1 Å².